The Labute approximate surface area is 169 Å². The van der Waals surface area contributed by atoms with Crippen molar-refractivity contribution in [1.29, 1.82) is 0 Å². The zero-order valence-electron chi connectivity index (χ0n) is 15.3. The van der Waals surface area contributed by atoms with Crippen LogP contribution in [-0.4, -0.2) is 20.4 Å². The molecule has 3 rings (SSSR count). The molecule has 0 spiro atoms. The van der Waals surface area contributed by atoms with Crippen LogP contribution in [0.25, 0.3) is 0 Å². The van der Waals surface area contributed by atoms with E-state index in [9.17, 15) is 17.6 Å². The van der Waals surface area contributed by atoms with Gasteiger partial charge in [-0.3, -0.25) is 4.79 Å². The van der Waals surface area contributed by atoms with Crippen LogP contribution in [0.1, 0.15) is 48.9 Å². The van der Waals surface area contributed by atoms with E-state index in [0.29, 0.717) is 0 Å². The van der Waals surface area contributed by atoms with Gasteiger partial charge in [0.05, 0.1) is 21.2 Å². The van der Waals surface area contributed by atoms with Crippen molar-refractivity contribution < 1.29 is 17.6 Å². The zero-order chi connectivity index (χ0) is 20.1. The van der Waals surface area contributed by atoms with E-state index in [-0.39, 0.29) is 27.2 Å². The molecular formula is C20H22ClFN2O3S. The smallest absolute Gasteiger partial charge is 0.257 e. The molecular weight excluding hydrogens is 403 g/mol. The van der Waals surface area contributed by atoms with E-state index in [1.54, 1.807) is 18.2 Å². The fourth-order valence-electron chi connectivity index (χ4n) is 3.28. The van der Waals surface area contributed by atoms with Crippen LogP contribution in [-0.2, 0) is 10.0 Å². The Kier molecular flexibility index (Phi) is 6.69. The number of halogens is 2. The van der Waals surface area contributed by atoms with E-state index in [0.717, 1.165) is 44.6 Å². The first-order valence-electron chi connectivity index (χ1n) is 9.24. The van der Waals surface area contributed by atoms with Crippen molar-refractivity contribution in [2.75, 3.05) is 5.32 Å². The highest BCUT2D eigenvalue weighted by Gasteiger charge is 2.22. The minimum absolute atomic E-state index is 0.113. The van der Waals surface area contributed by atoms with Crippen molar-refractivity contribution in [3.63, 3.8) is 0 Å². The molecule has 1 aliphatic carbocycles. The zero-order valence-corrected chi connectivity index (χ0v) is 16.8. The predicted molar refractivity (Wildman–Crippen MR) is 108 cm³/mol. The number of hydrogen-bond acceptors (Lipinski definition) is 3. The lowest BCUT2D eigenvalue weighted by molar-refractivity contribution is 0.102. The standard InChI is InChI=1S/C20H22ClFN2O3S/c21-17-10-6-5-9-16(17)20(25)23-19-12-11-15(13-18(19)22)28(26,27)24-14-7-3-1-2-4-8-14/h5-6,9-14,24H,1-4,7-8H2,(H,23,25). The monoisotopic (exact) mass is 424 g/mol. The van der Waals surface area contributed by atoms with Crippen molar-refractivity contribution >= 4 is 33.2 Å². The Hall–Kier alpha value is -1.96. The molecule has 1 saturated carbocycles. The quantitative estimate of drug-likeness (QED) is 0.681. The van der Waals surface area contributed by atoms with Gasteiger partial charge in [0.2, 0.25) is 10.0 Å². The van der Waals surface area contributed by atoms with Crippen molar-refractivity contribution in [2.45, 2.75) is 49.5 Å². The van der Waals surface area contributed by atoms with E-state index >= 15 is 0 Å². The summed E-state index contributed by atoms with van der Waals surface area (Å²) < 4.78 is 42.3. The highest BCUT2D eigenvalue weighted by Crippen LogP contribution is 2.23. The lowest BCUT2D eigenvalue weighted by atomic mass is 10.1. The second kappa shape index (κ2) is 9.03. The van der Waals surface area contributed by atoms with E-state index in [2.05, 4.69) is 10.0 Å². The first kappa shape index (κ1) is 20.8. The molecule has 0 atom stereocenters. The predicted octanol–water partition coefficient (Wildman–Crippen LogP) is 4.73. The molecule has 1 aliphatic rings. The first-order chi connectivity index (χ1) is 13.4. The minimum Gasteiger partial charge on any atom is -0.319 e. The van der Waals surface area contributed by atoms with Gasteiger partial charge in [0.1, 0.15) is 5.82 Å². The molecule has 1 fully saturated rings. The molecule has 2 N–H and O–H groups in total. The minimum atomic E-state index is -3.83. The third-order valence-corrected chi connectivity index (χ3v) is 6.64. The van der Waals surface area contributed by atoms with Crippen LogP contribution < -0.4 is 10.0 Å². The number of nitrogens with one attached hydrogen (secondary N) is 2. The van der Waals surface area contributed by atoms with Crippen molar-refractivity contribution in [1.82, 2.24) is 4.72 Å². The Bertz CT molecular complexity index is 958. The average Bonchev–Trinajstić information content (AvgIpc) is 2.91. The van der Waals surface area contributed by atoms with Gasteiger partial charge >= 0.3 is 0 Å². The van der Waals surface area contributed by atoms with Crippen LogP contribution in [0.15, 0.2) is 47.4 Å². The highest BCUT2D eigenvalue weighted by atomic mass is 35.5. The molecule has 0 aliphatic heterocycles. The van der Waals surface area contributed by atoms with E-state index in [4.69, 9.17) is 11.6 Å². The van der Waals surface area contributed by atoms with Gasteiger partial charge in [-0.05, 0) is 43.2 Å². The largest absolute Gasteiger partial charge is 0.319 e. The molecule has 150 valence electrons. The number of sulfonamides is 1. The maximum atomic E-state index is 14.5. The van der Waals surface area contributed by atoms with Crippen LogP contribution in [0.4, 0.5) is 10.1 Å². The number of amides is 1. The molecule has 8 heteroatoms. The van der Waals surface area contributed by atoms with Gasteiger partial charge in [-0.2, -0.15) is 0 Å². The van der Waals surface area contributed by atoms with E-state index in [1.165, 1.54) is 18.2 Å². The van der Waals surface area contributed by atoms with Crippen LogP contribution in [0.3, 0.4) is 0 Å². The van der Waals surface area contributed by atoms with E-state index < -0.39 is 21.7 Å². The third-order valence-electron chi connectivity index (χ3n) is 4.79. The number of carbonyl (C=O) groups excluding carboxylic acids is 1. The number of hydrogen-bond donors (Lipinski definition) is 2. The van der Waals surface area contributed by atoms with E-state index in [1.807, 2.05) is 0 Å². The van der Waals surface area contributed by atoms with Crippen LogP contribution in [0.5, 0.6) is 0 Å². The molecule has 0 heterocycles. The summed E-state index contributed by atoms with van der Waals surface area (Å²) in [5, 5.41) is 2.66. The summed E-state index contributed by atoms with van der Waals surface area (Å²) in [7, 11) is -3.83. The fourth-order valence-corrected chi connectivity index (χ4v) is 4.82. The maximum Gasteiger partial charge on any atom is 0.257 e. The van der Waals surface area contributed by atoms with Crippen molar-refractivity contribution in [3.05, 3.63) is 58.9 Å². The average molecular weight is 425 g/mol. The summed E-state index contributed by atoms with van der Waals surface area (Å²) in [6.07, 6.45) is 5.74. The van der Waals surface area contributed by atoms with Gasteiger partial charge in [-0.25, -0.2) is 17.5 Å². The first-order valence-corrected chi connectivity index (χ1v) is 11.1. The molecule has 0 saturated heterocycles. The van der Waals surface area contributed by atoms with Gasteiger partial charge in [-0.15, -0.1) is 0 Å². The van der Waals surface area contributed by atoms with Crippen molar-refractivity contribution in [3.8, 4) is 0 Å². The normalized spacial score (nSPS) is 15.8. The highest BCUT2D eigenvalue weighted by molar-refractivity contribution is 7.89. The number of anilines is 1. The Morgan fingerprint density at radius 1 is 1.04 bits per heavy atom. The Balaban J connectivity index is 1.74. The molecule has 1 amide bonds. The summed E-state index contributed by atoms with van der Waals surface area (Å²) >= 11 is 5.97. The summed E-state index contributed by atoms with van der Waals surface area (Å²) in [5.41, 5.74) is 0.0913. The maximum absolute atomic E-state index is 14.5. The number of rotatable bonds is 5. The summed E-state index contributed by atoms with van der Waals surface area (Å²) in [5.74, 6) is -1.40. The Morgan fingerprint density at radius 2 is 1.71 bits per heavy atom. The Morgan fingerprint density at radius 3 is 2.36 bits per heavy atom. The molecule has 28 heavy (non-hydrogen) atoms. The molecule has 5 nitrogen and oxygen atoms in total. The lowest BCUT2D eigenvalue weighted by Crippen LogP contribution is -2.34. The third kappa shape index (κ3) is 5.10. The second-order valence-electron chi connectivity index (χ2n) is 6.89. The SMILES string of the molecule is O=C(Nc1ccc(S(=O)(=O)NC2CCCCCC2)cc1F)c1ccccc1Cl. The summed E-state index contributed by atoms with van der Waals surface area (Å²) in [6.45, 7) is 0. The van der Waals surface area contributed by atoms with Crippen molar-refractivity contribution in [2.24, 2.45) is 0 Å². The van der Waals surface area contributed by atoms with Gasteiger partial charge in [0, 0.05) is 6.04 Å². The topological polar surface area (TPSA) is 75.3 Å². The molecule has 0 radical (unpaired) electrons. The van der Waals surface area contributed by atoms with Gasteiger partial charge in [0.15, 0.2) is 0 Å². The summed E-state index contributed by atoms with van der Waals surface area (Å²) in [6, 6.07) is 9.71. The molecule has 0 bridgehead atoms. The lowest BCUT2D eigenvalue weighted by Gasteiger charge is -2.17. The van der Waals surface area contributed by atoms with Gasteiger partial charge < -0.3 is 5.32 Å². The summed E-state index contributed by atoms with van der Waals surface area (Å²) in [4.78, 5) is 12.1. The van der Waals surface area contributed by atoms with Crippen LogP contribution in [0.2, 0.25) is 5.02 Å². The molecule has 2 aromatic rings. The molecule has 0 unspecified atom stereocenters. The van der Waals surface area contributed by atoms with Gasteiger partial charge in [-0.1, -0.05) is 49.4 Å². The van der Waals surface area contributed by atoms with Crippen LogP contribution >= 0.6 is 11.6 Å². The molecule has 0 aromatic heterocycles. The second-order valence-corrected chi connectivity index (χ2v) is 9.01. The molecule has 2 aromatic carbocycles. The fraction of sp³-hybridized carbons (Fsp3) is 0.350. The number of benzene rings is 2. The van der Waals surface area contributed by atoms with Crippen LogP contribution in [0, 0.1) is 5.82 Å². The number of carbonyl (C=O) groups is 1. The van der Waals surface area contributed by atoms with Gasteiger partial charge in [0.25, 0.3) is 5.91 Å².